The van der Waals surface area contributed by atoms with Gasteiger partial charge in [-0.25, -0.2) is 4.79 Å². The summed E-state index contributed by atoms with van der Waals surface area (Å²) in [6.07, 6.45) is 4.21. The van der Waals surface area contributed by atoms with Gasteiger partial charge in [-0.05, 0) is 37.0 Å². The van der Waals surface area contributed by atoms with Gasteiger partial charge in [0.15, 0.2) is 11.4 Å². The van der Waals surface area contributed by atoms with Crippen molar-refractivity contribution in [2.45, 2.75) is 25.3 Å². The van der Waals surface area contributed by atoms with E-state index in [1.54, 1.807) is 0 Å². The van der Waals surface area contributed by atoms with Gasteiger partial charge < -0.3 is 14.2 Å². The molecule has 1 aliphatic heterocycles. The molecule has 8 nitrogen and oxygen atoms in total. The predicted octanol–water partition coefficient (Wildman–Crippen LogP) is 2.17. The summed E-state index contributed by atoms with van der Waals surface area (Å²) in [4.78, 5) is 25.1. The second-order valence-electron chi connectivity index (χ2n) is 7.03. The van der Waals surface area contributed by atoms with Crippen molar-refractivity contribution in [2.75, 3.05) is 18.1 Å². The van der Waals surface area contributed by atoms with E-state index in [1.807, 2.05) is 24.4 Å². The number of hydrogen-bond acceptors (Lipinski definition) is 5. The first-order valence-corrected chi connectivity index (χ1v) is 8.77. The number of urea groups is 1. The van der Waals surface area contributed by atoms with Crippen LogP contribution in [0.5, 0.6) is 0 Å². The van der Waals surface area contributed by atoms with Crippen LogP contribution < -0.4 is 10.2 Å². The number of anilines is 1. The third-order valence-electron chi connectivity index (χ3n) is 5.49. The van der Waals surface area contributed by atoms with Crippen LogP contribution in [0.3, 0.4) is 0 Å². The highest BCUT2D eigenvalue weighted by atomic mass is 16.5. The molecule has 3 aromatic rings. The van der Waals surface area contributed by atoms with Gasteiger partial charge in [0, 0.05) is 42.7 Å². The van der Waals surface area contributed by atoms with Crippen molar-refractivity contribution in [3.8, 4) is 0 Å². The van der Waals surface area contributed by atoms with Crippen LogP contribution in [0, 0.1) is 5.92 Å². The van der Waals surface area contributed by atoms with Crippen LogP contribution in [0.1, 0.15) is 25.3 Å². The zero-order valence-corrected chi connectivity index (χ0v) is 14.0. The number of nitrogens with zero attached hydrogens (tertiary/aromatic N) is 3. The lowest BCUT2D eigenvalue weighted by Crippen LogP contribution is -2.49. The van der Waals surface area contributed by atoms with E-state index in [1.165, 1.54) is 4.90 Å². The summed E-state index contributed by atoms with van der Waals surface area (Å²) < 4.78 is 7.65. The van der Waals surface area contributed by atoms with Crippen LogP contribution in [0.15, 0.2) is 28.9 Å². The van der Waals surface area contributed by atoms with Gasteiger partial charge in [-0.3, -0.25) is 15.0 Å². The van der Waals surface area contributed by atoms with E-state index in [9.17, 15) is 14.7 Å². The van der Waals surface area contributed by atoms with Crippen molar-refractivity contribution in [3.05, 3.63) is 24.4 Å². The van der Waals surface area contributed by atoms with Crippen molar-refractivity contribution in [3.63, 3.8) is 0 Å². The molecular weight excluding hydrogens is 336 g/mol. The van der Waals surface area contributed by atoms with Crippen LogP contribution in [0.4, 0.5) is 10.6 Å². The average molecular weight is 354 g/mol. The molecule has 0 atom stereocenters. The standard InChI is InChI=1S/C18H18N4O4/c23-9-10-7-11(8-10)21-5-3-12-13(21)1-2-14-16(12)17(20-26-14)22-6-4-15(24)19-18(22)25/h1-3,5,10-11,23H,4,6-9H2,(H,19,24,25)/t10-,11-. The zero-order chi connectivity index (χ0) is 17.8. The van der Waals surface area contributed by atoms with Crippen LogP contribution in [-0.4, -0.2) is 39.9 Å². The lowest BCUT2D eigenvalue weighted by atomic mass is 9.80. The fraction of sp³-hybridized carbons (Fsp3) is 0.389. The maximum atomic E-state index is 12.2. The number of nitrogens with one attached hydrogen (secondary N) is 1. The maximum Gasteiger partial charge on any atom is 0.329 e. The van der Waals surface area contributed by atoms with E-state index >= 15 is 0 Å². The summed E-state index contributed by atoms with van der Waals surface area (Å²) in [6.45, 7) is 0.517. The van der Waals surface area contributed by atoms with Gasteiger partial charge in [-0.2, -0.15) is 0 Å². The molecule has 2 aromatic heterocycles. The van der Waals surface area contributed by atoms with Crippen LogP contribution >= 0.6 is 0 Å². The summed E-state index contributed by atoms with van der Waals surface area (Å²) in [5.74, 6) is 0.538. The Balaban J connectivity index is 1.60. The Hall–Kier alpha value is -2.87. The molecule has 3 amide bonds. The lowest BCUT2D eigenvalue weighted by Gasteiger charge is -2.35. The van der Waals surface area contributed by atoms with E-state index < -0.39 is 6.03 Å². The van der Waals surface area contributed by atoms with Gasteiger partial charge in [0.2, 0.25) is 5.91 Å². The van der Waals surface area contributed by atoms with Crippen molar-refractivity contribution < 1.29 is 19.2 Å². The predicted molar refractivity (Wildman–Crippen MR) is 93.9 cm³/mol. The van der Waals surface area contributed by atoms with Crippen LogP contribution in [-0.2, 0) is 4.79 Å². The van der Waals surface area contributed by atoms with Crippen molar-refractivity contribution in [2.24, 2.45) is 5.92 Å². The summed E-state index contributed by atoms with van der Waals surface area (Å²) in [5, 5.41) is 17.4. The third kappa shape index (κ3) is 2.15. The second kappa shape index (κ2) is 5.57. The lowest BCUT2D eigenvalue weighted by molar-refractivity contribution is -0.120. The first-order valence-electron chi connectivity index (χ1n) is 8.77. The summed E-state index contributed by atoms with van der Waals surface area (Å²) in [7, 11) is 0. The Morgan fingerprint density at radius 2 is 2.12 bits per heavy atom. The van der Waals surface area contributed by atoms with Gasteiger partial charge in [0.1, 0.15) is 0 Å². The minimum absolute atomic E-state index is 0.235. The van der Waals surface area contributed by atoms with Crippen LogP contribution in [0.2, 0.25) is 0 Å². The number of imide groups is 1. The average Bonchev–Trinajstić information content (AvgIpc) is 3.18. The second-order valence-corrected chi connectivity index (χ2v) is 7.03. The number of carbonyl (C=O) groups is 2. The molecule has 2 fully saturated rings. The van der Waals surface area contributed by atoms with Gasteiger partial charge in [0.05, 0.1) is 5.39 Å². The Labute approximate surface area is 148 Å². The minimum atomic E-state index is -0.474. The van der Waals surface area contributed by atoms with Crippen molar-refractivity contribution >= 4 is 39.6 Å². The van der Waals surface area contributed by atoms with Gasteiger partial charge in [-0.15, -0.1) is 0 Å². The molecule has 0 bridgehead atoms. The first kappa shape index (κ1) is 15.4. The zero-order valence-electron chi connectivity index (χ0n) is 14.0. The number of hydrogen-bond donors (Lipinski definition) is 2. The summed E-state index contributed by atoms with van der Waals surface area (Å²) in [6, 6.07) is 5.77. The van der Waals surface area contributed by atoms with Crippen molar-refractivity contribution in [1.29, 1.82) is 0 Å². The number of carbonyl (C=O) groups excluding carboxylic acids is 2. The number of aromatic nitrogens is 2. The third-order valence-corrected chi connectivity index (χ3v) is 5.49. The molecule has 3 heterocycles. The fourth-order valence-corrected chi connectivity index (χ4v) is 4.01. The number of aliphatic hydroxyl groups is 1. The highest BCUT2D eigenvalue weighted by Gasteiger charge is 2.32. The Morgan fingerprint density at radius 1 is 1.27 bits per heavy atom. The number of benzene rings is 1. The van der Waals surface area contributed by atoms with Gasteiger partial charge in [0.25, 0.3) is 0 Å². The minimum Gasteiger partial charge on any atom is -0.396 e. The summed E-state index contributed by atoms with van der Waals surface area (Å²) in [5.41, 5.74) is 1.66. The molecule has 0 unspecified atom stereocenters. The molecule has 2 aliphatic rings. The smallest absolute Gasteiger partial charge is 0.329 e. The molecule has 26 heavy (non-hydrogen) atoms. The molecule has 1 saturated carbocycles. The molecule has 5 rings (SSSR count). The van der Waals surface area contributed by atoms with Crippen molar-refractivity contribution in [1.82, 2.24) is 15.0 Å². The molecule has 1 aliphatic carbocycles. The van der Waals surface area contributed by atoms with E-state index in [4.69, 9.17) is 4.52 Å². The number of amides is 3. The molecule has 0 radical (unpaired) electrons. The van der Waals surface area contributed by atoms with Gasteiger partial charge >= 0.3 is 6.03 Å². The molecule has 1 aromatic carbocycles. The highest BCUT2D eigenvalue weighted by Crippen LogP contribution is 2.41. The first-order chi connectivity index (χ1) is 12.7. The largest absolute Gasteiger partial charge is 0.396 e. The van der Waals surface area contributed by atoms with Crippen LogP contribution in [0.25, 0.3) is 21.9 Å². The molecular formula is C18H18N4O4. The molecule has 2 N–H and O–H groups in total. The van der Waals surface area contributed by atoms with E-state index in [0.717, 1.165) is 29.1 Å². The topological polar surface area (TPSA) is 101 Å². The van der Waals surface area contributed by atoms with E-state index in [2.05, 4.69) is 15.0 Å². The summed E-state index contributed by atoms with van der Waals surface area (Å²) >= 11 is 0. The SMILES string of the molecule is O=C1CCN(c2noc3ccc4c(ccn4[C@H]4C[C@H](CO)C4)c23)C(=O)N1. The number of rotatable bonds is 3. The Kier molecular flexibility index (Phi) is 3.30. The highest BCUT2D eigenvalue weighted by molar-refractivity contribution is 6.15. The monoisotopic (exact) mass is 354 g/mol. The molecule has 8 heteroatoms. The molecule has 1 saturated heterocycles. The molecule has 134 valence electrons. The van der Waals surface area contributed by atoms with E-state index in [0.29, 0.717) is 23.4 Å². The fourth-order valence-electron chi connectivity index (χ4n) is 4.01. The quantitative estimate of drug-likeness (QED) is 0.751. The Morgan fingerprint density at radius 3 is 2.88 bits per heavy atom. The van der Waals surface area contributed by atoms with Gasteiger partial charge in [-0.1, -0.05) is 5.16 Å². The number of fused-ring (bicyclic) bond motifs is 3. The van der Waals surface area contributed by atoms with E-state index in [-0.39, 0.29) is 25.5 Å². The Bertz CT molecular complexity index is 1030. The molecule has 0 spiro atoms. The normalized spacial score (nSPS) is 23.5. The number of aliphatic hydroxyl groups excluding tert-OH is 1. The maximum absolute atomic E-state index is 12.2.